The van der Waals surface area contributed by atoms with E-state index in [1.165, 1.54) is 16.2 Å². The third-order valence-corrected chi connectivity index (χ3v) is 10.4. The van der Waals surface area contributed by atoms with Crippen LogP contribution in [0.3, 0.4) is 0 Å². The molecule has 7 aromatic rings. The average Bonchev–Trinajstić information content (AvgIpc) is 3.01. The van der Waals surface area contributed by atoms with Gasteiger partial charge in [-0.05, 0) is 16.8 Å². The first-order valence-corrected chi connectivity index (χ1v) is 14.5. The highest BCUT2D eigenvalue weighted by atomic mass is 31.2. The predicted octanol–water partition coefficient (Wildman–Crippen LogP) is 7.85. The molecule has 0 atom stereocenters. The molecule has 0 fully saturated rings. The van der Waals surface area contributed by atoms with Gasteiger partial charge < -0.3 is 4.57 Å². The Morgan fingerprint density at radius 1 is 0.447 bits per heavy atom. The number of pyridine rings is 1. The van der Waals surface area contributed by atoms with Gasteiger partial charge >= 0.3 is 0 Å². The van der Waals surface area contributed by atoms with E-state index in [2.05, 4.69) is 66.7 Å². The Kier molecular flexibility index (Phi) is 5.43. The van der Waals surface area contributed by atoms with Gasteiger partial charge in [-0.2, -0.15) is 0 Å². The van der Waals surface area contributed by atoms with E-state index < -0.39 is 7.14 Å². The van der Waals surface area contributed by atoms with Gasteiger partial charge in [0.1, 0.15) is 0 Å². The molecule has 38 heavy (non-hydrogen) atoms. The summed E-state index contributed by atoms with van der Waals surface area (Å²) in [6, 6.07) is 49.0. The second-order valence-electron chi connectivity index (χ2n) is 9.51. The van der Waals surface area contributed by atoms with Crippen LogP contribution < -0.4 is 15.9 Å². The van der Waals surface area contributed by atoms with Crippen molar-refractivity contribution in [1.29, 1.82) is 0 Å². The molecule has 0 unspecified atom stereocenters. The first-order valence-electron chi connectivity index (χ1n) is 12.8. The van der Waals surface area contributed by atoms with E-state index in [1.54, 1.807) is 0 Å². The lowest BCUT2D eigenvalue weighted by molar-refractivity contribution is 0.592. The fraction of sp³-hybridized carbons (Fsp3) is 0. The van der Waals surface area contributed by atoms with Crippen molar-refractivity contribution in [3.05, 3.63) is 146 Å². The Bertz CT molecular complexity index is 1920. The molecular weight excluding hydrogens is 481 g/mol. The molecule has 0 N–H and O–H groups in total. The summed E-state index contributed by atoms with van der Waals surface area (Å²) < 4.78 is 14.8. The van der Waals surface area contributed by atoms with Crippen LogP contribution in [-0.2, 0) is 4.57 Å². The molecule has 0 aliphatic heterocycles. The maximum atomic E-state index is 14.8. The van der Waals surface area contributed by atoms with Crippen molar-refractivity contribution in [3.8, 4) is 11.3 Å². The zero-order valence-corrected chi connectivity index (χ0v) is 21.6. The van der Waals surface area contributed by atoms with E-state index in [-0.39, 0.29) is 0 Å². The molecule has 180 valence electrons. The van der Waals surface area contributed by atoms with Crippen molar-refractivity contribution in [2.75, 3.05) is 0 Å². The molecule has 0 radical (unpaired) electrons. The first kappa shape index (κ1) is 22.7. The van der Waals surface area contributed by atoms with Gasteiger partial charge in [0.05, 0.1) is 11.2 Å². The van der Waals surface area contributed by atoms with Crippen LogP contribution in [0.5, 0.6) is 0 Å². The van der Waals surface area contributed by atoms with E-state index in [0.717, 1.165) is 43.5 Å². The summed E-state index contributed by atoms with van der Waals surface area (Å²) >= 11 is 0. The van der Waals surface area contributed by atoms with Crippen LogP contribution in [0.1, 0.15) is 0 Å². The molecule has 6 aromatic carbocycles. The molecule has 0 bridgehead atoms. The van der Waals surface area contributed by atoms with Crippen LogP contribution in [-0.4, -0.2) is 4.98 Å². The van der Waals surface area contributed by atoms with Crippen LogP contribution in [0.2, 0.25) is 0 Å². The molecule has 1 aromatic heterocycles. The summed E-state index contributed by atoms with van der Waals surface area (Å²) in [5.41, 5.74) is 2.91. The summed E-state index contributed by atoms with van der Waals surface area (Å²) in [7, 11) is -3.03. The van der Waals surface area contributed by atoms with E-state index in [4.69, 9.17) is 4.98 Å². The summed E-state index contributed by atoms with van der Waals surface area (Å²) in [4.78, 5) is 5.12. The fourth-order valence-electron chi connectivity index (χ4n) is 5.49. The summed E-state index contributed by atoms with van der Waals surface area (Å²) in [5.74, 6) is 0. The van der Waals surface area contributed by atoms with E-state index in [1.807, 2.05) is 78.9 Å². The van der Waals surface area contributed by atoms with E-state index in [9.17, 15) is 4.57 Å². The van der Waals surface area contributed by atoms with Gasteiger partial charge in [-0.25, -0.2) is 4.98 Å². The van der Waals surface area contributed by atoms with Crippen LogP contribution in [0.15, 0.2) is 146 Å². The lowest BCUT2D eigenvalue weighted by Crippen LogP contribution is -2.24. The number of nitrogens with zero attached hydrogens (tertiary/aromatic N) is 1. The predicted molar refractivity (Wildman–Crippen MR) is 162 cm³/mol. The second-order valence-corrected chi connectivity index (χ2v) is 12.3. The minimum Gasteiger partial charge on any atom is -0.309 e. The van der Waals surface area contributed by atoms with Crippen molar-refractivity contribution in [2.24, 2.45) is 0 Å². The summed E-state index contributed by atoms with van der Waals surface area (Å²) in [6.45, 7) is 0. The minimum absolute atomic E-state index is 0.814. The van der Waals surface area contributed by atoms with Gasteiger partial charge in [-0.1, -0.05) is 140 Å². The maximum Gasteiger partial charge on any atom is 0.171 e. The van der Waals surface area contributed by atoms with Crippen molar-refractivity contribution in [3.63, 3.8) is 0 Å². The third-order valence-electron chi connectivity index (χ3n) is 7.33. The van der Waals surface area contributed by atoms with E-state index >= 15 is 0 Å². The molecule has 0 saturated carbocycles. The first-order chi connectivity index (χ1) is 18.7. The molecule has 7 rings (SSSR count). The number of rotatable bonds is 4. The normalized spacial score (nSPS) is 11.8. The quantitative estimate of drug-likeness (QED) is 0.180. The number of benzene rings is 6. The monoisotopic (exact) mass is 505 g/mol. The maximum absolute atomic E-state index is 14.8. The van der Waals surface area contributed by atoms with Gasteiger partial charge in [0.15, 0.2) is 7.14 Å². The van der Waals surface area contributed by atoms with Crippen molar-refractivity contribution in [1.82, 2.24) is 4.98 Å². The highest BCUT2D eigenvalue weighted by Gasteiger charge is 2.29. The number of aromatic nitrogens is 1. The zero-order valence-electron chi connectivity index (χ0n) is 20.7. The second kappa shape index (κ2) is 9.10. The molecule has 0 amide bonds. The van der Waals surface area contributed by atoms with Gasteiger partial charge in [0.2, 0.25) is 0 Å². The molecular formula is C35H24NOP. The van der Waals surface area contributed by atoms with Crippen LogP contribution >= 0.6 is 7.14 Å². The average molecular weight is 506 g/mol. The van der Waals surface area contributed by atoms with Gasteiger partial charge in [0, 0.05) is 37.6 Å². The molecule has 3 heteroatoms. The lowest BCUT2D eigenvalue weighted by Gasteiger charge is -2.20. The highest BCUT2D eigenvalue weighted by Crippen LogP contribution is 2.43. The SMILES string of the molecule is O=P(c1ccccc1)(c1ccccc1)c1ccc(-c2nc3ccccc3c3c2ccc2ccccc23)cc1. The molecule has 2 nitrogen and oxygen atoms in total. The topological polar surface area (TPSA) is 30.0 Å². The minimum atomic E-state index is -3.03. The van der Waals surface area contributed by atoms with Crippen molar-refractivity contribution >= 4 is 55.5 Å². The van der Waals surface area contributed by atoms with Crippen molar-refractivity contribution in [2.45, 2.75) is 0 Å². The Morgan fingerprint density at radius 2 is 1.00 bits per heavy atom. The summed E-state index contributed by atoms with van der Waals surface area (Å²) in [6.07, 6.45) is 0. The number of fused-ring (bicyclic) bond motifs is 5. The number of hydrogen-bond donors (Lipinski definition) is 0. The Balaban J connectivity index is 1.45. The Morgan fingerprint density at radius 3 is 1.68 bits per heavy atom. The highest BCUT2D eigenvalue weighted by molar-refractivity contribution is 7.85. The Labute approximate surface area is 221 Å². The zero-order chi connectivity index (χ0) is 25.5. The molecule has 0 spiro atoms. The fourth-order valence-corrected chi connectivity index (χ4v) is 8.14. The molecule has 1 heterocycles. The molecule has 0 aliphatic rings. The summed E-state index contributed by atoms with van der Waals surface area (Å²) in [5, 5.41) is 8.39. The standard InChI is InChI=1S/C35H24NOP/c37-38(27-12-3-1-4-13-27,28-14-5-2-6-15-28)29-22-19-26(20-23-29)35-32-24-21-25-11-7-8-16-30(25)34(32)31-17-9-10-18-33(31)36-35/h1-24H. The Hall–Kier alpha value is -4.52. The largest absolute Gasteiger partial charge is 0.309 e. The van der Waals surface area contributed by atoms with Crippen LogP contribution in [0.25, 0.3) is 43.7 Å². The lowest BCUT2D eigenvalue weighted by atomic mass is 9.95. The van der Waals surface area contributed by atoms with Gasteiger partial charge in [0.25, 0.3) is 0 Å². The molecule has 0 aliphatic carbocycles. The number of para-hydroxylation sites is 1. The van der Waals surface area contributed by atoms with Crippen LogP contribution in [0, 0.1) is 0 Å². The van der Waals surface area contributed by atoms with Crippen molar-refractivity contribution < 1.29 is 4.57 Å². The third kappa shape index (κ3) is 3.57. The smallest absolute Gasteiger partial charge is 0.171 e. The van der Waals surface area contributed by atoms with Gasteiger partial charge in [-0.3, -0.25) is 0 Å². The van der Waals surface area contributed by atoms with Crippen LogP contribution in [0.4, 0.5) is 0 Å². The van der Waals surface area contributed by atoms with E-state index in [0.29, 0.717) is 0 Å². The molecule has 0 saturated heterocycles. The number of hydrogen-bond acceptors (Lipinski definition) is 2. The van der Waals surface area contributed by atoms with Gasteiger partial charge in [-0.15, -0.1) is 0 Å².